The van der Waals surface area contributed by atoms with Gasteiger partial charge in [0.15, 0.2) is 0 Å². The predicted molar refractivity (Wildman–Crippen MR) is 171 cm³/mol. The van der Waals surface area contributed by atoms with Crippen LogP contribution in [0.5, 0.6) is 5.75 Å². The predicted octanol–water partition coefficient (Wildman–Crippen LogP) is 8.15. The Morgan fingerprint density at radius 1 is 1.02 bits per heavy atom. The molecule has 6 rings (SSSR count). The number of aryl methyl sites for hydroxylation is 2. The van der Waals surface area contributed by atoms with Crippen molar-refractivity contribution in [2.75, 3.05) is 0 Å². The van der Waals surface area contributed by atoms with Gasteiger partial charge in [0.2, 0.25) is 0 Å². The summed E-state index contributed by atoms with van der Waals surface area (Å²) in [7, 11) is -4.12. The second-order valence-corrected chi connectivity index (χ2v) is 15.2. The molecule has 0 radical (unpaired) electrons. The number of hydrogen-bond donors (Lipinski definition) is 1. The number of carbonyl (C=O) groups is 1. The van der Waals surface area contributed by atoms with Crippen LogP contribution in [0.1, 0.15) is 85.3 Å². The second-order valence-electron chi connectivity index (χ2n) is 13.6. The lowest BCUT2D eigenvalue weighted by Crippen LogP contribution is -2.49. The summed E-state index contributed by atoms with van der Waals surface area (Å²) in [5, 5.41) is 12.1. The first-order valence-electron chi connectivity index (χ1n) is 16.0. The van der Waals surface area contributed by atoms with Gasteiger partial charge < -0.3 is 9.84 Å². The number of alkyl halides is 3. The van der Waals surface area contributed by atoms with Crippen molar-refractivity contribution in [1.29, 1.82) is 0 Å². The summed E-state index contributed by atoms with van der Waals surface area (Å²) in [6.45, 7) is 4.83. The summed E-state index contributed by atoms with van der Waals surface area (Å²) < 4.78 is 78.2. The lowest BCUT2D eigenvalue weighted by molar-refractivity contribution is -0.137. The fourth-order valence-electron chi connectivity index (χ4n) is 8.36. The van der Waals surface area contributed by atoms with Crippen LogP contribution in [0.4, 0.5) is 13.2 Å². The van der Waals surface area contributed by atoms with E-state index in [1.165, 1.54) is 54.5 Å². The van der Waals surface area contributed by atoms with E-state index >= 15 is 0 Å². The van der Waals surface area contributed by atoms with Gasteiger partial charge in [0, 0.05) is 12.3 Å². The van der Waals surface area contributed by atoms with E-state index in [-0.39, 0.29) is 27.9 Å². The molecule has 3 aromatic carbocycles. The molecule has 0 saturated heterocycles. The minimum absolute atomic E-state index is 0.0377. The number of ether oxygens (including phenoxy) is 1. The van der Waals surface area contributed by atoms with Crippen LogP contribution in [0.25, 0.3) is 6.08 Å². The number of halogens is 3. The highest BCUT2D eigenvalue weighted by Gasteiger charge is 2.60. The molecule has 2 fully saturated rings. The molecule has 2 saturated carbocycles. The van der Waals surface area contributed by atoms with Crippen LogP contribution in [-0.4, -0.2) is 25.1 Å². The zero-order valence-electron chi connectivity index (χ0n) is 26.6. The fraction of sp³-hybridized carbons (Fsp3) is 0.432. The number of benzene rings is 3. The number of aliphatic hydroxyl groups is 1. The molecule has 0 aliphatic heterocycles. The topological polar surface area (TPSA) is 89.9 Å². The Morgan fingerprint density at radius 3 is 2.47 bits per heavy atom. The van der Waals surface area contributed by atoms with Crippen LogP contribution >= 0.6 is 0 Å². The first-order chi connectivity index (χ1) is 22.1. The smallest absolute Gasteiger partial charge is 0.416 e. The summed E-state index contributed by atoms with van der Waals surface area (Å²) in [6, 6.07) is 15.4. The summed E-state index contributed by atoms with van der Waals surface area (Å²) in [5.41, 5.74) is 0.696. The van der Waals surface area contributed by atoms with Gasteiger partial charge in [-0.3, -0.25) is 8.98 Å². The highest BCUT2D eigenvalue weighted by molar-refractivity contribution is 7.86. The van der Waals surface area contributed by atoms with E-state index in [9.17, 15) is 31.5 Å². The Labute approximate surface area is 273 Å². The van der Waals surface area contributed by atoms with E-state index in [0.29, 0.717) is 30.4 Å². The molecule has 0 spiro atoms. The first kappa shape index (κ1) is 33.4. The van der Waals surface area contributed by atoms with Crippen molar-refractivity contribution in [3.63, 3.8) is 0 Å². The number of esters is 1. The van der Waals surface area contributed by atoms with Crippen molar-refractivity contribution in [3.05, 3.63) is 100 Å². The Kier molecular flexibility index (Phi) is 8.68. The van der Waals surface area contributed by atoms with Gasteiger partial charge in [0.1, 0.15) is 5.75 Å². The van der Waals surface area contributed by atoms with Crippen molar-refractivity contribution in [1.82, 2.24) is 0 Å². The number of carbonyl (C=O) groups excluding carboxylic acids is 1. The van der Waals surface area contributed by atoms with Gasteiger partial charge in [-0.25, -0.2) is 0 Å². The largest absolute Gasteiger partial charge is 0.427 e. The van der Waals surface area contributed by atoms with E-state index < -0.39 is 39.5 Å². The van der Waals surface area contributed by atoms with Crippen LogP contribution in [0.3, 0.4) is 0 Å². The van der Waals surface area contributed by atoms with Crippen molar-refractivity contribution in [2.45, 2.75) is 88.5 Å². The second kappa shape index (κ2) is 12.2. The first-order valence-corrected chi connectivity index (χ1v) is 17.4. The van der Waals surface area contributed by atoms with Gasteiger partial charge in [0.25, 0.3) is 10.1 Å². The molecule has 3 aliphatic carbocycles. The molecule has 0 bridgehead atoms. The Bertz CT molecular complexity index is 1820. The molecule has 3 aromatic rings. The number of rotatable bonds is 7. The molecule has 3 unspecified atom stereocenters. The zero-order chi connectivity index (χ0) is 33.8. The highest BCUT2D eigenvalue weighted by Crippen LogP contribution is 2.64. The molecule has 47 heavy (non-hydrogen) atoms. The molecule has 250 valence electrons. The minimum atomic E-state index is -4.65. The molecule has 10 heteroatoms. The fourth-order valence-corrected chi connectivity index (χ4v) is 9.25. The minimum Gasteiger partial charge on any atom is -0.427 e. The summed E-state index contributed by atoms with van der Waals surface area (Å²) >= 11 is 0. The van der Waals surface area contributed by atoms with E-state index in [0.717, 1.165) is 37.3 Å². The van der Waals surface area contributed by atoms with Gasteiger partial charge in [-0.05, 0) is 122 Å². The van der Waals surface area contributed by atoms with Gasteiger partial charge in [-0.2, -0.15) is 21.6 Å². The Morgan fingerprint density at radius 2 is 1.77 bits per heavy atom. The van der Waals surface area contributed by atoms with Crippen LogP contribution in [0.15, 0.2) is 71.6 Å². The van der Waals surface area contributed by atoms with Crippen molar-refractivity contribution in [3.8, 4) is 5.75 Å². The van der Waals surface area contributed by atoms with Crippen molar-refractivity contribution < 1.29 is 40.4 Å². The average molecular weight is 669 g/mol. The maximum Gasteiger partial charge on any atom is 0.416 e. The van der Waals surface area contributed by atoms with Crippen LogP contribution in [-0.2, 0) is 38.3 Å². The van der Waals surface area contributed by atoms with Crippen LogP contribution < -0.4 is 4.74 Å². The molecular weight excluding hydrogens is 629 g/mol. The van der Waals surface area contributed by atoms with E-state index in [4.69, 9.17) is 8.92 Å². The molecule has 0 amide bonds. The van der Waals surface area contributed by atoms with E-state index in [1.54, 1.807) is 12.1 Å². The summed E-state index contributed by atoms with van der Waals surface area (Å²) in [5.74, 6) is 0.992. The molecule has 0 heterocycles. The molecule has 6 nitrogen and oxygen atoms in total. The van der Waals surface area contributed by atoms with Gasteiger partial charge in [-0.1, -0.05) is 48.9 Å². The van der Waals surface area contributed by atoms with Gasteiger partial charge in [-0.15, -0.1) is 0 Å². The molecular formula is C37H39F3O6S. The molecule has 5 atom stereocenters. The van der Waals surface area contributed by atoms with E-state index in [1.807, 2.05) is 19.1 Å². The molecule has 3 aliphatic rings. The Hall–Kier alpha value is -3.47. The Balaban J connectivity index is 1.23. The third-order valence-electron chi connectivity index (χ3n) is 10.8. The van der Waals surface area contributed by atoms with Gasteiger partial charge >= 0.3 is 12.1 Å². The average Bonchev–Trinajstić information content (AvgIpc) is 3.28. The van der Waals surface area contributed by atoms with Crippen molar-refractivity contribution in [2.24, 2.45) is 17.3 Å². The quantitative estimate of drug-likeness (QED) is 0.155. The monoisotopic (exact) mass is 668 g/mol. The number of hydrogen-bond acceptors (Lipinski definition) is 6. The standard InChI is InChI=1S/C37H39F3O6S/c1-23-4-9-29(10-5-23)47(43,44)45-22-25-6-13-33(37(38,39)40)27(20-25)14-18-36(42)19-16-34-32-11-7-26-21-28(46-24(2)41)8-12-30(26)31(32)15-17-35(34,36)3/h4-6,8-10,12-14,18,20-21,31-32,34,42H,7,11,15-17,19,22H2,1-3H3/b18-14+/t31?,32?,34?,35-,36-/m0/s1. The maximum absolute atomic E-state index is 14.1. The normalized spacial score (nSPS) is 27.3. The zero-order valence-corrected chi connectivity index (χ0v) is 27.5. The van der Waals surface area contributed by atoms with Crippen molar-refractivity contribution >= 4 is 22.2 Å². The molecule has 0 aromatic heterocycles. The third-order valence-corrected chi connectivity index (χ3v) is 12.1. The lowest BCUT2D eigenvalue weighted by atomic mass is 9.53. The van der Waals surface area contributed by atoms with Crippen LogP contribution in [0, 0.1) is 24.2 Å². The lowest BCUT2D eigenvalue weighted by Gasteiger charge is -2.52. The summed E-state index contributed by atoms with van der Waals surface area (Å²) in [4.78, 5) is 11.4. The highest BCUT2D eigenvalue weighted by atomic mass is 32.2. The van der Waals surface area contributed by atoms with Crippen LogP contribution in [0.2, 0.25) is 0 Å². The van der Waals surface area contributed by atoms with E-state index in [2.05, 4.69) is 13.0 Å². The van der Waals surface area contributed by atoms with Gasteiger partial charge in [0.05, 0.1) is 22.7 Å². The molecule has 1 N–H and O–H groups in total. The maximum atomic E-state index is 14.1. The summed E-state index contributed by atoms with van der Waals surface area (Å²) in [6.07, 6.45) is 2.72. The number of fused-ring (bicyclic) bond motifs is 5. The third kappa shape index (κ3) is 6.39. The SMILES string of the molecule is CC(=O)Oc1ccc2c(c1)CCC1C2CC[C@@]2(C)C1CC[C@@]2(O)/C=C/c1cc(COS(=O)(=O)c2ccc(C)cc2)ccc1C(F)(F)F.